The second-order valence-corrected chi connectivity index (χ2v) is 6.32. The summed E-state index contributed by atoms with van der Waals surface area (Å²) in [5.74, 6) is 0.0732. The van der Waals surface area contributed by atoms with E-state index in [1.807, 2.05) is 6.07 Å². The fourth-order valence-corrected chi connectivity index (χ4v) is 3.32. The highest BCUT2D eigenvalue weighted by Gasteiger charge is 2.29. The summed E-state index contributed by atoms with van der Waals surface area (Å²) >= 11 is 0. The maximum atomic E-state index is 13.3. The summed E-state index contributed by atoms with van der Waals surface area (Å²) in [6.45, 7) is 1.62. The average Bonchev–Trinajstić information content (AvgIpc) is 3.16. The zero-order valence-electron chi connectivity index (χ0n) is 15.1. The first kappa shape index (κ1) is 18.2. The van der Waals surface area contributed by atoms with Gasteiger partial charge in [-0.1, -0.05) is 0 Å². The molecule has 0 radical (unpaired) electrons. The molecule has 2 aromatic carbocycles. The fraction of sp³-hybridized carbons (Fsp3) is 0.100. The second-order valence-electron chi connectivity index (χ2n) is 6.32. The van der Waals surface area contributed by atoms with Gasteiger partial charge < -0.3 is 15.2 Å². The zero-order valence-corrected chi connectivity index (χ0v) is 15.1. The molecule has 2 heterocycles. The van der Waals surface area contributed by atoms with E-state index in [-0.39, 0.29) is 40.7 Å². The van der Waals surface area contributed by atoms with Crippen molar-refractivity contribution < 1.29 is 18.8 Å². The van der Waals surface area contributed by atoms with Crippen molar-refractivity contribution in [2.24, 2.45) is 0 Å². The van der Waals surface area contributed by atoms with E-state index < -0.39 is 10.7 Å². The number of nitrogen functional groups attached to an aromatic ring is 1. The molecule has 0 spiro atoms. The Bertz CT molecular complexity index is 1200. The number of ether oxygens (including phenoxy) is 2. The van der Waals surface area contributed by atoms with Crippen molar-refractivity contribution in [3.63, 3.8) is 0 Å². The molecule has 144 valence electrons. The van der Waals surface area contributed by atoms with Crippen LogP contribution in [0, 0.1) is 34.2 Å². The van der Waals surface area contributed by atoms with Crippen LogP contribution in [0.4, 0.5) is 15.9 Å². The topological polar surface area (TPSA) is 124 Å². The summed E-state index contributed by atoms with van der Waals surface area (Å²) < 4.78 is 23.9. The van der Waals surface area contributed by atoms with Gasteiger partial charge in [0.1, 0.15) is 23.3 Å². The molecule has 8 nitrogen and oxygen atoms in total. The first-order valence-electron chi connectivity index (χ1n) is 8.45. The smallest absolute Gasteiger partial charge is 0.281 e. The van der Waals surface area contributed by atoms with E-state index in [4.69, 9.17) is 15.2 Å². The lowest BCUT2D eigenvalue weighted by Crippen LogP contribution is -2.04. The lowest BCUT2D eigenvalue weighted by molar-refractivity contribution is -0.384. The Morgan fingerprint density at radius 2 is 1.90 bits per heavy atom. The highest BCUT2D eigenvalue weighted by atomic mass is 19.1. The van der Waals surface area contributed by atoms with E-state index in [1.54, 1.807) is 6.92 Å². The molecule has 9 heteroatoms. The van der Waals surface area contributed by atoms with Crippen LogP contribution in [-0.2, 0) is 0 Å². The first-order chi connectivity index (χ1) is 13.9. The molecule has 29 heavy (non-hydrogen) atoms. The molecule has 0 unspecified atom stereocenters. The third-order valence-electron chi connectivity index (χ3n) is 4.66. The first-order valence-corrected chi connectivity index (χ1v) is 8.45. The number of nitro benzene ring substituents is 1. The summed E-state index contributed by atoms with van der Waals surface area (Å²) in [5, 5.41) is 21.4. The number of hydrogen-bond donors (Lipinski definition) is 1. The van der Waals surface area contributed by atoms with Crippen molar-refractivity contribution in [1.82, 2.24) is 4.98 Å². The molecule has 0 amide bonds. The Balaban J connectivity index is 2.05. The predicted octanol–water partition coefficient (Wildman–Crippen LogP) is 3.95. The van der Waals surface area contributed by atoms with Gasteiger partial charge in [0.15, 0.2) is 11.5 Å². The molecule has 0 fully saturated rings. The van der Waals surface area contributed by atoms with E-state index in [9.17, 15) is 19.8 Å². The van der Waals surface area contributed by atoms with Gasteiger partial charge in [-0.15, -0.1) is 0 Å². The van der Waals surface area contributed by atoms with Crippen LogP contribution >= 0.6 is 0 Å². The van der Waals surface area contributed by atoms with Crippen LogP contribution in [-0.4, -0.2) is 16.7 Å². The molecular formula is C20H13FN4O4. The number of nitrogens with zero attached hydrogens (tertiary/aromatic N) is 3. The van der Waals surface area contributed by atoms with Crippen molar-refractivity contribution in [3.8, 4) is 40.0 Å². The average molecular weight is 392 g/mol. The van der Waals surface area contributed by atoms with Gasteiger partial charge in [-0.25, -0.2) is 9.37 Å². The quantitative estimate of drug-likeness (QED) is 0.528. The lowest BCUT2D eigenvalue weighted by atomic mass is 9.91. The molecule has 1 aliphatic heterocycles. The number of aromatic nitrogens is 1. The van der Waals surface area contributed by atoms with E-state index in [1.165, 1.54) is 36.4 Å². The van der Waals surface area contributed by atoms with E-state index in [2.05, 4.69) is 4.98 Å². The van der Waals surface area contributed by atoms with E-state index >= 15 is 0 Å². The Kier molecular flexibility index (Phi) is 4.24. The number of nitriles is 1. The van der Waals surface area contributed by atoms with E-state index in [0.717, 1.165) is 0 Å². The lowest BCUT2D eigenvalue weighted by Gasteiger charge is -2.15. The SMILES string of the molecule is Cc1c(-c2ccc(F)cc2)nc(N)c(C#N)c1-c1cc2c(cc1[N+](=O)[O-])OCO2. The number of nitro groups is 1. The number of benzene rings is 2. The Morgan fingerprint density at radius 3 is 2.52 bits per heavy atom. The Labute approximate surface area is 164 Å². The molecule has 1 aromatic heterocycles. The van der Waals surface area contributed by atoms with Crippen LogP contribution in [0.25, 0.3) is 22.4 Å². The fourth-order valence-electron chi connectivity index (χ4n) is 3.32. The highest BCUT2D eigenvalue weighted by Crippen LogP contribution is 2.45. The standard InChI is InChI=1S/C20H13FN4O4/c1-10-18(13-6-16-17(29-9-28-16)7-15(13)25(26)27)14(8-22)20(23)24-19(10)11-2-4-12(21)5-3-11/h2-7H,9H2,1H3,(H2,23,24). The summed E-state index contributed by atoms with van der Waals surface area (Å²) in [6.07, 6.45) is 0. The summed E-state index contributed by atoms with van der Waals surface area (Å²) in [4.78, 5) is 15.4. The Hall–Kier alpha value is -4.19. The largest absolute Gasteiger partial charge is 0.454 e. The van der Waals surface area contributed by atoms with Gasteiger partial charge in [0.2, 0.25) is 6.79 Å². The van der Waals surface area contributed by atoms with Gasteiger partial charge in [0, 0.05) is 11.1 Å². The summed E-state index contributed by atoms with van der Waals surface area (Å²) in [7, 11) is 0. The minimum absolute atomic E-state index is 0.00956. The number of nitrogens with two attached hydrogens (primary N) is 1. The molecule has 1 aliphatic rings. The molecule has 0 aliphatic carbocycles. The Morgan fingerprint density at radius 1 is 1.24 bits per heavy atom. The number of rotatable bonds is 3. The third kappa shape index (κ3) is 2.96. The molecule has 0 atom stereocenters. The van der Waals surface area contributed by atoms with Crippen LogP contribution in [0.15, 0.2) is 36.4 Å². The number of fused-ring (bicyclic) bond motifs is 1. The van der Waals surface area contributed by atoms with Gasteiger partial charge >= 0.3 is 0 Å². The van der Waals surface area contributed by atoms with Crippen molar-refractivity contribution in [3.05, 3.63) is 63.5 Å². The molecule has 4 rings (SSSR count). The molecule has 0 bridgehead atoms. The van der Waals surface area contributed by atoms with Crippen LogP contribution in [0.3, 0.4) is 0 Å². The molecule has 2 N–H and O–H groups in total. The van der Waals surface area contributed by atoms with Crippen molar-refractivity contribution in [1.29, 1.82) is 5.26 Å². The molecular weight excluding hydrogens is 379 g/mol. The van der Waals surface area contributed by atoms with Gasteiger partial charge in [0.25, 0.3) is 5.69 Å². The highest BCUT2D eigenvalue weighted by molar-refractivity contribution is 5.89. The van der Waals surface area contributed by atoms with Crippen LogP contribution < -0.4 is 15.2 Å². The van der Waals surface area contributed by atoms with Crippen LogP contribution in [0.2, 0.25) is 0 Å². The van der Waals surface area contributed by atoms with Gasteiger partial charge in [-0.3, -0.25) is 10.1 Å². The van der Waals surface area contributed by atoms with Crippen molar-refractivity contribution in [2.45, 2.75) is 6.92 Å². The van der Waals surface area contributed by atoms with Crippen LogP contribution in [0.1, 0.15) is 11.1 Å². The van der Waals surface area contributed by atoms with Gasteiger partial charge in [-0.05, 0) is 42.8 Å². The maximum absolute atomic E-state index is 13.3. The normalized spacial score (nSPS) is 11.9. The number of anilines is 1. The van der Waals surface area contributed by atoms with Crippen molar-refractivity contribution in [2.75, 3.05) is 12.5 Å². The molecule has 0 saturated carbocycles. The minimum Gasteiger partial charge on any atom is -0.454 e. The summed E-state index contributed by atoms with van der Waals surface area (Å²) in [5.41, 5.74) is 7.63. The third-order valence-corrected chi connectivity index (χ3v) is 4.66. The predicted molar refractivity (Wildman–Crippen MR) is 102 cm³/mol. The molecule has 0 saturated heterocycles. The van der Waals surface area contributed by atoms with E-state index in [0.29, 0.717) is 22.6 Å². The number of halogens is 1. The maximum Gasteiger partial charge on any atom is 0.281 e. The van der Waals surface area contributed by atoms with Crippen molar-refractivity contribution >= 4 is 11.5 Å². The number of pyridine rings is 1. The molecule has 3 aromatic rings. The number of hydrogen-bond acceptors (Lipinski definition) is 7. The minimum atomic E-state index is -0.563. The van der Waals surface area contributed by atoms with Gasteiger partial charge in [-0.2, -0.15) is 5.26 Å². The summed E-state index contributed by atoms with van der Waals surface area (Å²) in [6, 6.07) is 10.3. The van der Waals surface area contributed by atoms with Gasteiger partial charge in [0.05, 0.1) is 22.2 Å². The second kappa shape index (κ2) is 6.76. The monoisotopic (exact) mass is 392 g/mol. The zero-order chi connectivity index (χ0) is 20.7. The van der Waals surface area contributed by atoms with Crippen LogP contribution in [0.5, 0.6) is 11.5 Å².